The molecule has 0 radical (unpaired) electrons. The van der Waals surface area contributed by atoms with Gasteiger partial charge in [0.2, 0.25) is 0 Å². The van der Waals surface area contributed by atoms with Crippen molar-refractivity contribution in [2.45, 2.75) is 19.9 Å². The Morgan fingerprint density at radius 1 is 0.927 bits per heavy atom. The van der Waals surface area contributed by atoms with Gasteiger partial charge < -0.3 is 24.3 Å². The van der Waals surface area contributed by atoms with Gasteiger partial charge in [0, 0.05) is 62.9 Å². The largest absolute Gasteiger partial charge is 0.495 e. The second-order valence-corrected chi connectivity index (χ2v) is 10.6. The average molecular weight is 577 g/mol. The molecule has 1 aliphatic heterocycles. The number of nitrogens with zero attached hydrogens (tertiary/aromatic N) is 3. The van der Waals surface area contributed by atoms with Gasteiger partial charge in [0.25, 0.3) is 5.91 Å². The molecule has 0 bridgehead atoms. The summed E-state index contributed by atoms with van der Waals surface area (Å²) in [4.78, 5) is 17.6. The molecule has 1 aliphatic rings. The fourth-order valence-electron chi connectivity index (χ4n) is 5.06. The van der Waals surface area contributed by atoms with Crippen LogP contribution in [0.5, 0.6) is 11.5 Å². The van der Waals surface area contributed by atoms with E-state index in [4.69, 9.17) is 21.1 Å². The van der Waals surface area contributed by atoms with E-state index < -0.39 is 0 Å². The molecule has 0 saturated carbocycles. The van der Waals surface area contributed by atoms with Gasteiger partial charge in [-0.1, -0.05) is 61.0 Å². The minimum Gasteiger partial charge on any atom is -0.495 e. The maximum atomic E-state index is 12.5. The third kappa shape index (κ3) is 8.73. The van der Waals surface area contributed by atoms with E-state index in [2.05, 4.69) is 22.0 Å². The minimum atomic E-state index is -0.121. The van der Waals surface area contributed by atoms with Gasteiger partial charge in [-0.05, 0) is 48.9 Å². The molecule has 1 fully saturated rings. The van der Waals surface area contributed by atoms with Crippen LogP contribution < -0.4 is 14.8 Å². The molecule has 4 aromatic rings. The fraction of sp³-hybridized carbons (Fsp3) is 0.364. The van der Waals surface area contributed by atoms with E-state index in [0.717, 1.165) is 41.1 Å². The van der Waals surface area contributed by atoms with E-state index in [1.165, 1.54) is 39.1 Å². The first-order valence-corrected chi connectivity index (χ1v) is 14.6. The molecule has 1 amide bonds. The quantitative estimate of drug-likeness (QED) is 0.256. The number of methoxy groups -OCH3 is 1. The van der Waals surface area contributed by atoms with E-state index in [-0.39, 0.29) is 5.91 Å². The number of ether oxygens (including phenoxy) is 2. The van der Waals surface area contributed by atoms with Crippen LogP contribution in [0.3, 0.4) is 0 Å². The number of carbonyl (C=O) groups is 1. The Kier molecular flexibility index (Phi) is 11.5. The molecule has 3 aromatic carbocycles. The van der Waals surface area contributed by atoms with Crippen molar-refractivity contribution in [3.8, 4) is 11.5 Å². The lowest BCUT2D eigenvalue weighted by atomic mass is 10.1. The van der Waals surface area contributed by atoms with Crippen LogP contribution in [-0.4, -0.2) is 73.3 Å². The number of nitrogens with one attached hydrogen (secondary N) is 1. The molecule has 0 aliphatic carbocycles. The van der Waals surface area contributed by atoms with Gasteiger partial charge in [-0.25, -0.2) is 0 Å². The van der Waals surface area contributed by atoms with E-state index in [9.17, 15) is 4.79 Å². The Morgan fingerprint density at radius 3 is 2.32 bits per heavy atom. The number of piperazine rings is 1. The number of fused-ring (bicyclic) bond motifs is 1. The van der Waals surface area contributed by atoms with Gasteiger partial charge in [0.15, 0.2) is 0 Å². The molecule has 41 heavy (non-hydrogen) atoms. The zero-order valence-electron chi connectivity index (χ0n) is 24.3. The SMILES string of the molecule is CCCN1CCN(CCOc2ccccc2)CC1.COc1cccc2c(C(=O)NCc3cccc(Cl)c3)cn(C)c12. The molecule has 218 valence electrons. The van der Waals surface area contributed by atoms with Gasteiger partial charge in [0.1, 0.15) is 18.1 Å². The van der Waals surface area contributed by atoms with E-state index in [0.29, 0.717) is 17.1 Å². The van der Waals surface area contributed by atoms with Crippen LogP contribution in [0.1, 0.15) is 29.3 Å². The first kappa shape index (κ1) is 30.4. The highest BCUT2D eigenvalue weighted by Crippen LogP contribution is 2.29. The van der Waals surface area contributed by atoms with Crippen molar-refractivity contribution in [1.82, 2.24) is 19.7 Å². The Balaban J connectivity index is 0.000000195. The van der Waals surface area contributed by atoms with Crippen molar-refractivity contribution in [2.24, 2.45) is 7.05 Å². The van der Waals surface area contributed by atoms with Crippen molar-refractivity contribution in [2.75, 3.05) is 53.0 Å². The van der Waals surface area contributed by atoms with Gasteiger partial charge >= 0.3 is 0 Å². The van der Waals surface area contributed by atoms with Crippen LogP contribution in [0.15, 0.2) is 79.0 Å². The summed E-state index contributed by atoms with van der Waals surface area (Å²) in [5.41, 5.74) is 2.50. The second-order valence-electron chi connectivity index (χ2n) is 10.2. The van der Waals surface area contributed by atoms with Crippen LogP contribution in [-0.2, 0) is 13.6 Å². The second kappa shape index (κ2) is 15.5. The average Bonchev–Trinajstić information content (AvgIpc) is 3.34. The lowest BCUT2D eigenvalue weighted by molar-refractivity contribution is 0.0952. The number of amides is 1. The number of benzene rings is 3. The maximum Gasteiger partial charge on any atom is 0.253 e. The molecule has 0 atom stereocenters. The van der Waals surface area contributed by atoms with Gasteiger partial charge in [0.05, 0.1) is 18.2 Å². The number of aryl methyl sites for hydroxylation is 1. The Bertz CT molecular complexity index is 1380. The molecule has 8 heteroatoms. The number of halogens is 1. The summed E-state index contributed by atoms with van der Waals surface area (Å²) in [5.74, 6) is 1.60. The molecule has 0 spiro atoms. The van der Waals surface area contributed by atoms with Gasteiger partial charge in [-0.3, -0.25) is 9.69 Å². The Labute approximate surface area is 248 Å². The van der Waals surface area contributed by atoms with Crippen molar-refractivity contribution in [3.05, 3.63) is 95.1 Å². The van der Waals surface area contributed by atoms with E-state index >= 15 is 0 Å². The number of hydrogen-bond acceptors (Lipinski definition) is 5. The topological polar surface area (TPSA) is 59.0 Å². The first-order chi connectivity index (χ1) is 20.0. The number of carbonyl (C=O) groups excluding carboxylic acids is 1. The summed E-state index contributed by atoms with van der Waals surface area (Å²) in [6.45, 7) is 10.5. The summed E-state index contributed by atoms with van der Waals surface area (Å²) in [6, 6.07) is 23.2. The molecule has 0 unspecified atom stereocenters. The van der Waals surface area contributed by atoms with Crippen LogP contribution in [0.25, 0.3) is 10.9 Å². The van der Waals surface area contributed by atoms with Crippen LogP contribution in [0.4, 0.5) is 0 Å². The molecule has 7 nitrogen and oxygen atoms in total. The van der Waals surface area contributed by atoms with E-state index in [1.807, 2.05) is 90.6 Å². The van der Waals surface area contributed by atoms with Gasteiger partial charge in [-0.15, -0.1) is 0 Å². The van der Waals surface area contributed by atoms with Crippen molar-refractivity contribution in [3.63, 3.8) is 0 Å². The Hall–Kier alpha value is -3.52. The smallest absolute Gasteiger partial charge is 0.253 e. The minimum absolute atomic E-state index is 0.121. The molecular formula is C33H41ClN4O3. The molecule has 1 N–H and O–H groups in total. The van der Waals surface area contributed by atoms with Crippen LogP contribution in [0, 0.1) is 0 Å². The summed E-state index contributed by atoms with van der Waals surface area (Å²) in [6.07, 6.45) is 3.08. The lowest BCUT2D eigenvalue weighted by Gasteiger charge is -2.34. The van der Waals surface area contributed by atoms with Crippen molar-refractivity contribution >= 4 is 28.4 Å². The highest BCUT2D eigenvalue weighted by atomic mass is 35.5. The van der Waals surface area contributed by atoms with Crippen LogP contribution in [0.2, 0.25) is 5.02 Å². The summed E-state index contributed by atoms with van der Waals surface area (Å²) in [7, 11) is 3.53. The standard InChI is InChI=1S/C18H17ClN2O2.C15H24N2O/c1-21-11-15(14-7-4-8-16(23-2)17(14)21)18(22)20-10-12-5-3-6-13(19)9-12;1-2-8-16-9-11-17(12-10-16)13-14-18-15-6-4-3-5-7-15/h3-9,11H,10H2,1-2H3,(H,20,22);3-7H,2,8-14H2,1H3. The van der Waals surface area contributed by atoms with Crippen LogP contribution >= 0.6 is 11.6 Å². The van der Waals surface area contributed by atoms with Crippen molar-refractivity contribution in [1.29, 1.82) is 0 Å². The Morgan fingerprint density at radius 2 is 1.63 bits per heavy atom. The molecule has 2 heterocycles. The monoisotopic (exact) mass is 576 g/mol. The highest BCUT2D eigenvalue weighted by Gasteiger charge is 2.17. The normalized spacial score (nSPS) is 13.9. The first-order valence-electron chi connectivity index (χ1n) is 14.3. The zero-order chi connectivity index (χ0) is 29.0. The lowest BCUT2D eigenvalue weighted by Crippen LogP contribution is -2.47. The number of para-hydroxylation sites is 2. The molecule has 1 aromatic heterocycles. The maximum absolute atomic E-state index is 12.5. The molecular weight excluding hydrogens is 536 g/mol. The summed E-state index contributed by atoms with van der Waals surface area (Å²) in [5, 5.41) is 4.46. The molecule has 1 saturated heterocycles. The summed E-state index contributed by atoms with van der Waals surface area (Å²) >= 11 is 5.96. The van der Waals surface area contributed by atoms with E-state index in [1.54, 1.807) is 7.11 Å². The van der Waals surface area contributed by atoms with Gasteiger partial charge in [-0.2, -0.15) is 0 Å². The predicted molar refractivity (Wildman–Crippen MR) is 167 cm³/mol. The number of rotatable bonds is 10. The third-order valence-corrected chi connectivity index (χ3v) is 7.43. The third-order valence-electron chi connectivity index (χ3n) is 7.20. The van der Waals surface area contributed by atoms with Crippen molar-refractivity contribution < 1.29 is 14.3 Å². The highest BCUT2D eigenvalue weighted by molar-refractivity contribution is 6.30. The molecule has 5 rings (SSSR count). The fourth-order valence-corrected chi connectivity index (χ4v) is 5.28. The summed E-state index contributed by atoms with van der Waals surface area (Å²) < 4.78 is 13.0. The zero-order valence-corrected chi connectivity index (χ0v) is 25.1. The number of hydrogen-bond donors (Lipinski definition) is 1. The number of aromatic nitrogens is 1. The predicted octanol–water partition coefficient (Wildman–Crippen LogP) is 5.86.